The van der Waals surface area contributed by atoms with E-state index in [1.54, 1.807) is 4.90 Å². The molecule has 10 rings (SSSR count). The SMILES string of the molecule is Cc1ccc(Nc2cc(N3CCCCC3)ccc2C2=CC3=CC(c4ccc(N5CCCCC5)cc4Nc4ccc(C)o4)=NC4=NC(c5nc(C(F)(F)F)co5)=NC(=N2)N34)o1. The summed E-state index contributed by atoms with van der Waals surface area (Å²) < 4.78 is 58.3. The van der Waals surface area contributed by atoms with Crippen molar-refractivity contribution in [1.82, 2.24) is 9.88 Å². The summed E-state index contributed by atoms with van der Waals surface area (Å²) in [5.74, 6) is 2.32. The van der Waals surface area contributed by atoms with Crippen LogP contribution in [-0.2, 0) is 6.18 Å². The minimum Gasteiger partial charge on any atom is -0.446 e. The number of hydrogen-bond donors (Lipinski definition) is 2. The number of aryl methyl sites for hydroxylation is 2. The number of rotatable bonds is 9. The van der Waals surface area contributed by atoms with Gasteiger partial charge in [0.15, 0.2) is 17.5 Å². The predicted molar refractivity (Wildman–Crippen MR) is 226 cm³/mol. The minimum absolute atomic E-state index is 0.137. The number of hydrogen-bond acceptors (Lipinski definition) is 13. The maximum Gasteiger partial charge on any atom is 0.436 e. The fourth-order valence-electron chi connectivity index (χ4n) is 8.08. The van der Waals surface area contributed by atoms with E-state index in [1.807, 2.05) is 62.4 Å². The maximum atomic E-state index is 13.7. The van der Waals surface area contributed by atoms with E-state index in [0.717, 1.165) is 97.3 Å². The lowest BCUT2D eigenvalue weighted by Gasteiger charge is -2.33. The average molecular weight is 815 g/mol. The Morgan fingerprint density at radius 1 is 0.633 bits per heavy atom. The Balaban J connectivity index is 1.12. The van der Waals surface area contributed by atoms with Gasteiger partial charge >= 0.3 is 6.18 Å². The van der Waals surface area contributed by atoms with Crippen LogP contribution in [-0.4, -0.2) is 59.5 Å². The standard InChI is InChI=1S/C44H41F3N10O3/c1-26-9-15-38(59-26)48-33-21-28(55-17-5-3-6-18-55)11-13-31(33)35-23-30-24-36(51-43-54-40(53-42(50-35)57(30)43)41-52-37(25-58-41)44(45,46)47)32-14-12-29(56-19-7-4-8-20-56)22-34(32)49-39-16-10-27(2)60-39/h9-16,21-25,48-49H,3-8,17-20H2,1-2H3. The van der Waals surface area contributed by atoms with Gasteiger partial charge in [0.2, 0.25) is 17.8 Å². The quantitative estimate of drug-likeness (QED) is 0.149. The first-order valence-electron chi connectivity index (χ1n) is 20.2. The van der Waals surface area contributed by atoms with Crippen LogP contribution < -0.4 is 20.4 Å². The van der Waals surface area contributed by atoms with Gasteiger partial charge in [-0.05, 0) is 113 Å². The fraction of sp³-hybridized carbons (Fsp3) is 0.295. The van der Waals surface area contributed by atoms with Gasteiger partial charge in [-0.25, -0.2) is 19.9 Å². The number of piperidine rings is 2. The predicted octanol–water partition coefficient (Wildman–Crippen LogP) is 10.2. The molecule has 2 fully saturated rings. The number of aliphatic imine (C=N–C) groups is 4. The number of aromatic nitrogens is 1. The highest BCUT2D eigenvalue weighted by atomic mass is 19.4. The van der Waals surface area contributed by atoms with E-state index in [9.17, 15) is 13.2 Å². The Kier molecular flexibility index (Phi) is 9.41. The van der Waals surface area contributed by atoms with Gasteiger partial charge in [0.05, 0.1) is 28.5 Å². The molecule has 0 spiro atoms. The number of guanidine groups is 2. The summed E-state index contributed by atoms with van der Waals surface area (Å²) in [5, 5.41) is 6.95. The Morgan fingerprint density at radius 3 is 1.78 bits per heavy atom. The summed E-state index contributed by atoms with van der Waals surface area (Å²) >= 11 is 0. The second kappa shape index (κ2) is 15.1. The van der Waals surface area contributed by atoms with Gasteiger partial charge in [-0.3, -0.25) is 0 Å². The molecule has 5 aliphatic heterocycles. The first-order valence-corrected chi connectivity index (χ1v) is 20.2. The molecule has 0 radical (unpaired) electrons. The third kappa shape index (κ3) is 7.37. The van der Waals surface area contributed by atoms with Crippen molar-refractivity contribution in [3.05, 3.63) is 119 Å². The molecule has 306 valence electrons. The molecule has 0 saturated carbocycles. The van der Waals surface area contributed by atoms with Crippen molar-refractivity contribution in [1.29, 1.82) is 0 Å². The van der Waals surface area contributed by atoms with Crippen LogP contribution in [0.25, 0.3) is 5.70 Å². The number of benzene rings is 2. The second-order valence-electron chi connectivity index (χ2n) is 15.4. The molecule has 2 aromatic carbocycles. The van der Waals surface area contributed by atoms with Gasteiger partial charge in [-0.2, -0.15) is 23.2 Å². The van der Waals surface area contributed by atoms with Crippen LogP contribution in [0.15, 0.2) is 118 Å². The van der Waals surface area contributed by atoms with Crippen molar-refractivity contribution in [3.63, 3.8) is 0 Å². The van der Waals surface area contributed by atoms with Gasteiger partial charge in [0.25, 0.3) is 5.89 Å². The van der Waals surface area contributed by atoms with Crippen molar-refractivity contribution in [2.24, 2.45) is 20.0 Å². The molecule has 0 unspecified atom stereocenters. The number of anilines is 6. The lowest BCUT2D eigenvalue weighted by Crippen LogP contribution is -2.42. The molecule has 0 atom stereocenters. The lowest BCUT2D eigenvalue weighted by molar-refractivity contribution is -0.141. The topological polar surface area (TPSA) is 136 Å². The fourth-order valence-corrected chi connectivity index (χ4v) is 8.08. The first kappa shape index (κ1) is 37.4. The van der Waals surface area contributed by atoms with E-state index in [4.69, 9.17) is 23.2 Å². The summed E-state index contributed by atoms with van der Waals surface area (Å²) in [5.41, 5.74) is 5.68. The molecule has 8 heterocycles. The number of amidine groups is 1. The zero-order chi connectivity index (χ0) is 41.0. The summed E-state index contributed by atoms with van der Waals surface area (Å²) in [6.45, 7) is 7.60. The molecule has 5 aromatic rings. The van der Waals surface area contributed by atoms with Crippen LogP contribution in [0.1, 0.15) is 72.8 Å². The Morgan fingerprint density at radius 2 is 1.22 bits per heavy atom. The van der Waals surface area contributed by atoms with E-state index < -0.39 is 17.8 Å². The summed E-state index contributed by atoms with van der Waals surface area (Å²) in [7, 11) is 0. The van der Waals surface area contributed by atoms with Crippen molar-refractivity contribution in [2.45, 2.75) is 58.5 Å². The summed E-state index contributed by atoms with van der Waals surface area (Å²) in [6.07, 6.45) is 6.56. The molecule has 13 nitrogen and oxygen atoms in total. The third-order valence-corrected chi connectivity index (χ3v) is 11.1. The largest absolute Gasteiger partial charge is 0.446 e. The van der Waals surface area contributed by atoms with E-state index in [0.29, 0.717) is 35.1 Å². The molecule has 60 heavy (non-hydrogen) atoms. The van der Waals surface area contributed by atoms with Crippen LogP contribution in [0.5, 0.6) is 0 Å². The second-order valence-corrected chi connectivity index (χ2v) is 15.4. The smallest absolute Gasteiger partial charge is 0.436 e. The van der Waals surface area contributed by atoms with E-state index in [2.05, 4.69) is 59.7 Å². The number of alkyl halides is 3. The van der Waals surface area contributed by atoms with E-state index in [1.165, 1.54) is 12.8 Å². The molecular formula is C44H41F3N10O3. The van der Waals surface area contributed by atoms with Crippen LogP contribution in [0.4, 0.5) is 47.7 Å². The molecule has 3 aromatic heterocycles. The van der Waals surface area contributed by atoms with Gasteiger partial charge in [-0.15, -0.1) is 0 Å². The zero-order valence-corrected chi connectivity index (χ0v) is 33.0. The van der Waals surface area contributed by atoms with Gasteiger partial charge in [0, 0.05) is 60.8 Å². The molecular weight excluding hydrogens is 774 g/mol. The van der Waals surface area contributed by atoms with Gasteiger partial charge in [0.1, 0.15) is 17.8 Å². The average Bonchev–Trinajstić information content (AvgIpc) is 4.03. The van der Waals surface area contributed by atoms with E-state index in [-0.39, 0.29) is 17.8 Å². The number of oxazole rings is 1. The number of halogens is 3. The number of nitrogens with zero attached hydrogens (tertiary/aromatic N) is 8. The zero-order valence-electron chi connectivity index (χ0n) is 33.0. The molecule has 0 aliphatic carbocycles. The summed E-state index contributed by atoms with van der Waals surface area (Å²) in [6, 6.07) is 19.9. The molecule has 0 bridgehead atoms. The Hall–Kier alpha value is -6.84. The third-order valence-electron chi connectivity index (χ3n) is 11.1. The van der Waals surface area contributed by atoms with Crippen molar-refractivity contribution < 1.29 is 26.4 Å². The minimum atomic E-state index is -4.73. The summed E-state index contributed by atoms with van der Waals surface area (Å²) in [4.78, 5) is 29.4. The molecule has 2 N–H and O–H groups in total. The van der Waals surface area contributed by atoms with Crippen LogP contribution in [0, 0.1) is 13.8 Å². The highest BCUT2D eigenvalue weighted by molar-refractivity contribution is 6.26. The highest BCUT2D eigenvalue weighted by Gasteiger charge is 2.38. The molecule has 5 aliphatic rings. The molecule has 16 heteroatoms. The molecule has 2 saturated heterocycles. The van der Waals surface area contributed by atoms with E-state index >= 15 is 0 Å². The number of furan rings is 2. The van der Waals surface area contributed by atoms with Crippen LogP contribution in [0.2, 0.25) is 0 Å². The molecule has 0 amide bonds. The Bertz CT molecular complexity index is 2560. The lowest BCUT2D eigenvalue weighted by atomic mass is 10.0. The van der Waals surface area contributed by atoms with Crippen LogP contribution >= 0.6 is 0 Å². The van der Waals surface area contributed by atoms with Crippen molar-refractivity contribution >= 4 is 63.7 Å². The van der Waals surface area contributed by atoms with Crippen molar-refractivity contribution in [2.75, 3.05) is 46.6 Å². The number of nitrogens with one attached hydrogen (secondary N) is 2. The highest BCUT2D eigenvalue weighted by Crippen LogP contribution is 2.39. The van der Waals surface area contributed by atoms with Gasteiger partial charge in [-0.1, -0.05) is 0 Å². The Labute approximate surface area is 343 Å². The maximum absolute atomic E-state index is 13.7. The van der Waals surface area contributed by atoms with Gasteiger partial charge < -0.3 is 33.7 Å². The normalized spacial score (nSPS) is 17.9. The first-order chi connectivity index (χ1) is 29.1. The van der Waals surface area contributed by atoms with Crippen LogP contribution in [0.3, 0.4) is 0 Å². The van der Waals surface area contributed by atoms with Crippen molar-refractivity contribution in [3.8, 4) is 0 Å². The monoisotopic (exact) mass is 814 g/mol. The number of allylic oxidation sites excluding steroid dienone is 2.